The first-order chi connectivity index (χ1) is 9.19. The number of anilines is 1. The Kier molecular flexibility index (Phi) is 4.35. The van der Waals surface area contributed by atoms with Crippen molar-refractivity contribution < 1.29 is 23.8 Å². The van der Waals surface area contributed by atoms with Gasteiger partial charge in [-0.05, 0) is 31.2 Å². The van der Waals surface area contributed by atoms with E-state index in [0.717, 1.165) is 0 Å². The van der Waals surface area contributed by atoms with Gasteiger partial charge in [0.1, 0.15) is 12.7 Å². The van der Waals surface area contributed by atoms with Gasteiger partial charge >= 0.3 is 12.1 Å². The van der Waals surface area contributed by atoms with Crippen LogP contribution in [0.15, 0.2) is 24.3 Å². The van der Waals surface area contributed by atoms with Crippen molar-refractivity contribution in [1.82, 2.24) is 0 Å². The Morgan fingerprint density at radius 3 is 2.58 bits per heavy atom. The second kappa shape index (κ2) is 6.19. The van der Waals surface area contributed by atoms with Crippen molar-refractivity contribution in [3.63, 3.8) is 0 Å². The van der Waals surface area contributed by atoms with Gasteiger partial charge in [-0.2, -0.15) is 0 Å². The molecule has 1 heterocycles. The predicted octanol–water partition coefficient (Wildman–Crippen LogP) is 1.81. The molecule has 1 aromatic carbocycles. The van der Waals surface area contributed by atoms with E-state index < -0.39 is 12.1 Å². The van der Waals surface area contributed by atoms with Crippen LogP contribution in [-0.2, 0) is 14.2 Å². The molecule has 1 fully saturated rings. The molecule has 0 aliphatic carbocycles. The van der Waals surface area contributed by atoms with Gasteiger partial charge in [0.15, 0.2) is 0 Å². The maximum absolute atomic E-state index is 11.6. The van der Waals surface area contributed by atoms with Crippen molar-refractivity contribution in [2.45, 2.75) is 13.0 Å². The molecule has 1 atom stereocenters. The smallest absolute Gasteiger partial charge is 0.411 e. The quantitative estimate of drug-likeness (QED) is 0.649. The fourth-order valence-electron chi connectivity index (χ4n) is 1.39. The molecule has 1 aliphatic rings. The summed E-state index contributed by atoms with van der Waals surface area (Å²) in [6.07, 6.45) is -0.475. The Balaban J connectivity index is 1.85. The fourth-order valence-corrected chi connectivity index (χ4v) is 1.39. The van der Waals surface area contributed by atoms with Gasteiger partial charge in [-0.1, -0.05) is 0 Å². The average Bonchev–Trinajstić information content (AvgIpc) is 3.21. The van der Waals surface area contributed by atoms with Crippen LogP contribution in [0, 0.1) is 0 Å². The molecular formula is C13H15NO5. The number of hydrogen-bond acceptors (Lipinski definition) is 5. The van der Waals surface area contributed by atoms with Crippen LogP contribution in [-0.4, -0.2) is 38.0 Å². The first-order valence-corrected chi connectivity index (χ1v) is 6.01. The van der Waals surface area contributed by atoms with Gasteiger partial charge in [-0.3, -0.25) is 5.32 Å². The lowest BCUT2D eigenvalue weighted by atomic mass is 10.2. The SMILES string of the molecule is CCOC(=O)Nc1ccc(C(=O)OCC2CO2)cc1. The zero-order chi connectivity index (χ0) is 13.7. The van der Waals surface area contributed by atoms with Gasteiger partial charge in [-0.25, -0.2) is 9.59 Å². The van der Waals surface area contributed by atoms with Gasteiger partial charge in [0, 0.05) is 5.69 Å². The third kappa shape index (κ3) is 4.26. The Morgan fingerprint density at radius 1 is 1.32 bits per heavy atom. The van der Waals surface area contributed by atoms with Crippen LogP contribution in [0.2, 0.25) is 0 Å². The highest BCUT2D eigenvalue weighted by Gasteiger charge is 2.24. The number of hydrogen-bond donors (Lipinski definition) is 1. The Labute approximate surface area is 110 Å². The van der Waals surface area contributed by atoms with E-state index in [0.29, 0.717) is 24.5 Å². The molecule has 1 unspecified atom stereocenters. The molecule has 0 bridgehead atoms. The van der Waals surface area contributed by atoms with Gasteiger partial charge in [-0.15, -0.1) is 0 Å². The van der Waals surface area contributed by atoms with Crippen LogP contribution < -0.4 is 5.32 Å². The van der Waals surface area contributed by atoms with Crippen molar-refractivity contribution in [3.8, 4) is 0 Å². The summed E-state index contributed by atoms with van der Waals surface area (Å²) >= 11 is 0. The number of rotatable bonds is 5. The predicted molar refractivity (Wildman–Crippen MR) is 67.1 cm³/mol. The molecule has 1 amide bonds. The van der Waals surface area contributed by atoms with E-state index in [1.807, 2.05) is 0 Å². The molecule has 0 saturated carbocycles. The highest BCUT2D eigenvalue weighted by atomic mass is 16.6. The minimum absolute atomic E-state index is 0.0497. The second-order valence-electron chi connectivity index (χ2n) is 3.98. The van der Waals surface area contributed by atoms with E-state index in [2.05, 4.69) is 5.32 Å². The largest absolute Gasteiger partial charge is 0.459 e. The van der Waals surface area contributed by atoms with Crippen molar-refractivity contribution in [2.75, 3.05) is 25.1 Å². The second-order valence-corrected chi connectivity index (χ2v) is 3.98. The van der Waals surface area contributed by atoms with Crippen LogP contribution in [0.25, 0.3) is 0 Å². The molecule has 1 N–H and O–H groups in total. The van der Waals surface area contributed by atoms with Crippen LogP contribution >= 0.6 is 0 Å². The monoisotopic (exact) mass is 265 g/mol. The molecule has 102 valence electrons. The third-order valence-electron chi connectivity index (χ3n) is 2.45. The molecule has 0 aromatic heterocycles. The van der Waals surface area contributed by atoms with E-state index >= 15 is 0 Å². The number of epoxide rings is 1. The molecule has 19 heavy (non-hydrogen) atoms. The molecule has 0 spiro atoms. The summed E-state index contributed by atoms with van der Waals surface area (Å²) in [4.78, 5) is 22.8. The molecule has 1 saturated heterocycles. The topological polar surface area (TPSA) is 77.2 Å². The number of carbonyl (C=O) groups is 2. The fraction of sp³-hybridized carbons (Fsp3) is 0.385. The third-order valence-corrected chi connectivity index (χ3v) is 2.45. The van der Waals surface area contributed by atoms with Crippen molar-refractivity contribution in [3.05, 3.63) is 29.8 Å². The molecule has 2 rings (SSSR count). The minimum Gasteiger partial charge on any atom is -0.459 e. The lowest BCUT2D eigenvalue weighted by molar-refractivity contribution is 0.0476. The van der Waals surface area contributed by atoms with Crippen LogP contribution in [0.1, 0.15) is 17.3 Å². The molecular weight excluding hydrogens is 250 g/mol. The maximum Gasteiger partial charge on any atom is 0.411 e. The van der Waals surface area contributed by atoms with Crippen molar-refractivity contribution in [1.29, 1.82) is 0 Å². The zero-order valence-corrected chi connectivity index (χ0v) is 10.5. The average molecular weight is 265 g/mol. The summed E-state index contributed by atoms with van der Waals surface area (Å²) in [6.45, 7) is 2.96. The summed E-state index contributed by atoms with van der Waals surface area (Å²) in [6, 6.07) is 6.39. The van der Waals surface area contributed by atoms with Crippen molar-refractivity contribution >= 4 is 17.7 Å². The first-order valence-electron chi connectivity index (χ1n) is 6.01. The molecule has 6 heteroatoms. The van der Waals surface area contributed by atoms with E-state index in [1.165, 1.54) is 0 Å². The van der Waals surface area contributed by atoms with E-state index in [1.54, 1.807) is 31.2 Å². The van der Waals surface area contributed by atoms with Crippen LogP contribution in [0.4, 0.5) is 10.5 Å². The number of carbonyl (C=O) groups excluding carboxylic acids is 2. The minimum atomic E-state index is -0.524. The Morgan fingerprint density at radius 2 is 2.00 bits per heavy atom. The number of benzene rings is 1. The van der Waals surface area contributed by atoms with Gasteiger partial charge in [0.2, 0.25) is 0 Å². The highest BCUT2D eigenvalue weighted by Crippen LogP contribution is 2.13. The number of nitrogens with one attached hydrogen (secondary N) is 1. The Hall–Kier alpha value is -2.08. The zero-order valence-electron chi connectivity index (χ0n) is 10.5. The number of amides is 1. The maximum atomic E-state index is 11.6. The Bertz CT molecular complexity index is 453. The van der Waals surface area contributed by atoms with E-state index in [4.69, 9.17) is 14.2 Å². The molecule has 1 aromatic rings. The summed E-state index contributed by atoms with van der Waals surface area (Å²) < 4.78 is 14.7. The number of ether oxygens (including phenoxy) is 3. The van der Waals surface area contributed by atoms with Gasteiger partial charge in [0.25, 0.3) is 0 Å². The molecule has 0 radical (unpaired) electrons. The summed E-state index contributed by atoms with van der Waals surface area (Å²) in [5.41, 5.74) is 0.982. The van der Waals surface area contributed by atoms with Crippen molar-refractivity contribution in [2.24, 2.45) is 0 Å². The normalized spacial score (nSPS) is 16.6. The van der Waals surface area contributed by atoms with E-state index in [9.17, 15) is 9.59 Å². The van der Waals surface area contributed by atoms with Crippen LogP contribution in [0.3, 0.4) is 0 Å². The molecule has 1 aliphatic heterocycles. The number of esters is 1. The van der Waals surface area contributed by atoms with Gasteiger partial charge < -0.3 is 14.2 Å². The summed E-state index contributed by atoms with van der Waals surface area (Å²) in [5, 5.41) is 2.54. The van der Waals surface area contributed by atoms with E-state index in [-0.39, 0.29) is 12.7 Å². The summed E-state index contributed by atoms with van der Waals surface area (Å²) in [5.74, 6) is -0.404. The lowest BCUT2D eigenvalue weighted by Gasteiger charge is -2.06. The standard InChI is InChI=1S/C13H15NO5/c1-2-17-13(16)14-10-5-3-9(4-6-10)12(15)19-8-11-7-18-11/h3-6,11H,2,7-8H2,1H3,(H,14,16). The van der Waals surface area contributed by atoms with Gasteiger partial charge in [0.05, 0.1) is 18.8 Å². The highest BCUT2D eigenvalue weighted by molar-refractivity contribution is 5.91. The lowest BCUT2D eigenvalue weighted by Crippen LogP contribution is -2.13. The first kappa shape index (κ1) is 13.4. The summed E-state index contributed by atoms with van der Waals surface area (Å²) in [7, 11) is 0. The molecule has 6 nitrogen and oxygen atoms in total. The van der Waals surface area contributed by atoms with Crippen LogP contribution in [0.5, 0.6) is 0 Å².